The van der Waals surface area contributed by atoms with Crippen LogP contribution in [-0.4, -0.2) is 13.3 Å². The van der Waals surface area contributed by atoms with Crippen molar-refractivity contribution < 1.29 is 13.5 Å². The Morgan fingerprint density at radius 3 is 2.55 bits per heavy atom. The van der Waals surface area contributed by atoms with Crippen molar-refractivity contribution in [3.05, 3.63) is 63.6 Å². The van der Waals surface area contributed by atoms with Gasteiger partial charge in [-0.25, -0.2) is 8.78 Å². The van der Waals surface area contributed by atoms with Crippen molar-refractivity contribution in [1.29, 1.82) is 0 Å². The van der Waals surface area contributed by atoms with Gasteiger partial charge in [-0.3, -0.25) is 4.99 Å². The Hall–Kier alpha value is -1.75. The first kappa shape index (κ1) is 14.7. The number of halogens is 3. The van der Waals surface area contributed by atoms with Crippen LogP contribution in [0.2, 0.25) is 0 Å². The van der Waals surface area contributed by atoms with Gasteiger partial charge in [0.15, 0.2) is 0 Å². The van der Waals surface area contributed by atoms with Gasteiger partial charge in [-0.1, -0.05) is 28.1 Å². The first-order valence-electron chi connectivity index (χ1n) is 5.87. The maximum atomic E-state index is 13.7. The molecule has 2 aromatic carbocycles. The summed E-state index contributed by atoms with van der Waals surface area (Å²) in [6, 6.07) is 9.58. The Morgan fingerprint density at radius 1 is 1.20 bits per heavy atom. The highest BCUT2D eigenvalue weighted by Crippen LogP contribution is 2.21. The zero-order chi connectivity index (χ0) is 14.5. The molecule has 0 N–H and O–H groups in total. The normalized spacial score (nSPS) is 11.0. The van der Waals surface area contributed by atoms with Crippen LogP contribution < -0.4 is 4.74 Å². The molecule has 104 valence electrons. The molecule has 5 heteroatoms. The summed E-state index contributed by atoms with van der Waals surface area (Å²) in [6.07, 6.45) is 1.36. The van der Waals surface area contributed by atoms with Gasteiger partial charge in [-0.05, 0) is 17.7 Å². The number of nitrogens with zero attached hydrogens (tertiary/aromatic N) is 1. The third-order valence-corrected chi connectivity index (χ3v) is 3.21. The highest BCUT2D eigenvalue weighted by atomic mass is 79.9. The molecule has 0 heterocycles. The highest BCUT2D eigenvalue weighted by Gasteiger charge is 2.09. The van der Waals surface area contributed by atoms with E-state index >= 15 is 0 Å². The quantitative estimate of drug-likeness (QED) is 0.758. The second kappa shape index (κ2) is 6.61. The smallest absolute Gasteiger partial charge is 0.138 e. The summed E-state index contributed by atoms with van der Waals surface area (Å²) < 4.78 is 32.6. The third kappa shape index (κ3) is 3.63. The largest absolute Gasteiger partial charge is 0.496 e. The number of hydrogen-bond donors (Lipinski definition) is 0. The molecule has 20 heavy (non-hydrogen) atoms. The Labute approximate surface area is 124 Å². The molecule has 0 aliphatic rings. The van der Waals surface area contributed by atoms with E-state index in [2.05, 4.69) is 20.9 Å². The van der Waals surface area contributed by atoms with Crippen LogP contribution in [0.3, 0.4) is 0 Å². The number of rotatable bonds is 4. The van der Waals surface area contributed by atoms with E-state index in [-0.39, 0.29) is 11.3 Å². The highest BCUT2D eigenvalue weighted by molar-refractivity contribution is 9.10. The van der Waals surface area contributed by atoms with Gasteiger partial charge in [0.05, 0.1) is 19.2 Å². The minimum atomic E-state index is -0.693. The van der Waals surface area contributed by atoms with E-state index in [1.54, 1.807) is 0 Å². The molecule has 0 unspecified atom stereocenters. The fraction of sp³-hybridized carbons (Fsp3) is 0.133. The van der Waals surface area contributed by atoms with Crippen molar-refractivity contribution in [1.82, 2.24) is 0 Å². The van der Waals surface area contributed by atoms with Gasteiger partial charge in [0.1, 0.15) is 17.4 Å². The minimum absolute atomic E-state index is 0.127. The van der Waals surface area contributed by atoms with Crippen molar-refractivity contribution in [2.45, 2.75) is 6.54 Å². The van der Waals surface area contributed by atoms with Gasteiger partial charge in [0.25, 0.3) is 0 Å². The predicted molar refractivity (Wildman–Crippen MR) is 78.4 cm³/mol. The maximum Gasteiger partial charge on any atom is 0.138 e. The topological polar surface area (TPSA) is 21.6 Å². The molecule has 2 nitrogen and oxygen atoms in total. The third-order valence-electron chi connectivity index (χ3n) is 2.68. The molecule has 0 saturated heterocycles. The summed E-state index contributed by atoms with van der Waals surface area (Å²) in [4.78, 5) is 4.16. The van der Waals surface area contributed by atoms with Gasteiger partial charge < -0.3 is 4.74 Å². The summed E-state index contributed by atoms with van der Waals surface area (Å²) in [7, 11) is 1.36. The molecule has 0 aromatic heterocycles. The van der Waals surface area contributed by atoms with Crippen LogP contribution in [0.1, 0.15) is 11.1 Å². The molecule has 2 rings (SSSR count). The fourth-order valence-corrected chi connectivity index (χ4v) is 1.95. The SMILES string of the molecule is COc1cc(F)cc(F)c1C=NCc1ccc(Br)cc1. The lowest BCUT2D eigenvalue weighted by molar-refractivity contribution is 0.406. The number of benzene rings is 2. The fourth-order valence-electron chi connectivity index (χ4n) is 1.69. The Bertz CT molecular complexity index is 627. The molecule has 0 spiro atoms. The summed E-state index contributed by atoms with van der Waals surface area (Å²) in [5.74, 6) is -1.24. The molecule has 0 bridgehead atoms. The molecular weight excluding hydrogens is 328 g/mol. The molecule has 0 saturated carbocycles. The molecule has 0 radical (unpaired) electrons. The van der Waals surface area contributed by atoms with Gasteiger partial charge in [-0.15, -0.1) is 0 Å². The summed E-state index contributed by atoms with van der Waals surface area (Å²) in [5.41, 5.74) is 1.14. The van der Waals surface area contributed by atoms with E-state index in [1.807, 2.05) is 24.3 Å². The summed E-state index contributed by atoms with van der Waals surface area (Å²) >= 11 is 3.35. The predicted octanol–water partition coefficient (Wildman–Crippen LogP) is 4.36. The lowest BCUT2D eigenvalue weighted by Crippen LogP contribution is -1.97. The van der Waals surface area contributed by atoms with Crippen LogP contribution in [-0.2, 0) is 6.54 Å². The van der Waals surface area contributed by atoms with Crippen LogP contribution in [0.25, 0.3) is 0 Å². The number of ether oxygens (including phenoxy) is 1. The van der Waals surface area contributed by atoms with E-state index in [0.29, 0.717) is 6.54 Å². The van der Waals surface area contributed by atoms with Crippen LogP contribution >= 0.6 is 15.9 Å². The van der Waals surface area contributed by atoms with Crippen LogP contribution in [0.5, 0.6) is 5.75 Å². The molecule has 2 aromatic rings. The lowest BCUT2D eigenvalue weighted by Gasteiger charge is -2.05. The first-order chi connectivity index (χ1) is 9.60. The first-order valence-corrected chi connectivity index (χ1v) is 6.67. The van der Waals surface area contributed by atoms with Crippen LogP contribution in [0.4, 0.5) is 8.78 Å². The molecule has 0 aliphatic heterocycles. The minimum Gasteiger partial charge on any atom is -0.496 e. The van der Waals surface area contributed by atoms with Gasteiger partial charge in [0.2, 0.25) is 0 Å². The Morgan fingerprint density at radius 2 is 1.90 bits per heavy atom. The molecule has 0 fully saturated rings. The average Bonchev–Trinajstić information content (AvgIpc) is 2.42. The van der Waals surface area contributed by atoms with Crippen LogP contribution in [0.15, 0.2) is 45.9 Å². The molecule has 0 amide bonds. The van der Waals surface area contributed by atoms with Crippen LogP contribution in [0, 0.1) is 11.6 Å². The average molecular weight is 340 g/mol. The zero-order valence-electron chi connectivity index (χ0n) is 10.7. The van der Waals surface area contributed by atoms with E-state index in [0.717, 1.165) is 22.2 Å². The number of hydrogen-bond acceptors (Lipinski definition) is 2. The van der Waals surface area contributed by atoms with E-state index in [9.17, 15) is 8.78 Å². The zero-order valence-corrected chi connectivity index (χ0v) is 12.3. The van der Waals surface area contributed by atoms with E-state index < -0.39 is 11.6 Å². The van der Waals surface area contributed by atoms with Crippen molar-refractivity contribution in [3.8, 4) is 5.75 Å². The maximum absolute atomic E-state index is 13.7. The van der Waals surface area contributed by atoms with Crippen molar-refractivity contribution in [2.24, 2.45) is 4.99 Å². The Balaban J connectivity index is 2.17. The van der Waals surface area contributed by atoms with Gasteiger partial charge >= 0.3 is 0 Å². The summed E-state index contributed by atoms with van der Waals surface area (Å²) in [6.45, 7) is 0.410. The summed E-state index contributed by atoms with van der Waals surface area (Å²) in [5, 5.41) is 0. The van der Waals surface area contributed by atoms with Crippen molar-refractivity contribution >= 4 is 22.1 Å². The van der Waals surface area contributed by atoms with Gasteiger partial charge in [-0.2, -0.15) is 0 Å². The van der Waals surface area contributed by atoms with Crippen molar-refractivity contribution in [3.63, 3.8) is 0 Å². The van der Waals surface area contributed by atoms with Gasteiger partial charge in [0, 0.05) is 22.8 Å². The van der Waals surface area contributed by atoms with E-state index in [4.69, 9.17) is 4.74 Å². The number of aliphatic imine (C=N–C) groups is 1. The van der Waals surface area contributed by atoms with E-state index in [1.165, 1.54) is 13.3 Å². The Kier molecular flexibility index (Phi) is 4.84. The molecule has 0 atom stereocenters. The molecular formula is C15H12BrF2NO. The number of methoxy groups -OCH3 is 1. The molecule has 0 aliphatic carbocycles. The van der Waals surface area contributed by atoms with Crippen molar-refractivity contribution in [2.75, 3.05) is 7.11 Å². The monoisotopic (exact) mass is 339 g/mol. The second-order valence-electron chi connectivity index (χ2n) is 4.10. The second-order valence-corrected chi connectivity index (χ2v) is 5.02. The lowest BCUT2D eigenvalue weighted by atomic mass is 10.2. The standard InChI is InChI=1S/C15H12BrF2NO/c1-20-15-7-12(17)6-14(18)13(15)9-19-8-10-2-4-11(16)5-3-10/h2-7,9H,8H2,1H3.